The first-order chi connectivity index (χ1) is 7.47. The third-order valence-electron chi connectivity index (χ3n) is 2.49. The Balaban J connectivity index is 2.92. The maximum Gasteiger partial charge on any atom is 0.254 e. The van der Waals surface area contributed by atoms with Crippen LogP contribution >= 0.6 is 0 Å². The van der Waals surface area contributed by atoms with Crippen LogP contribution < -0.4 is 5.73 Å². The highest BCUT2D eigenvalue weighted by Gasteiger charge is 2.17. The van der Waals surface area contributed by atoms with Gasteiger partial charge in [0.2, 0.25) is 0 Å². The molecule has 1 aromatic rings. The van der Waals surface area contributed by atoms with E-state index in [1.54, 1.807) is 14.0 Å². The highest BCUT2D eigenvalue weighted by Crippen LogP contribution is 2.14. The minimum absolute atomic E-state index is 0.00871. The molecule has 1 rings (SSSR count). The molecule has 0 aliphatic rings. The Morgan fingerprint density at radius 2 is 2.25 bits per heavy atom. The Morgan fingerprint density at radius 3 is 2.75 bits per heavy atom. The number of nitrogens with zero attached hydrogens (tertiary/aromatic N) is 1. The van der Waals surface area contributed by atoms with Crippen LogP contribution in [0.1, 0.15) is 17.3 Å². The summed E-state index contributed by atoms with van der Waals surface area (Å²) in [5, 5.41) is 8.91. The second-order valence-corrected chi connectivity index (χ2v) is 3.68. The van der Waals surface area contributed by atoms with Gasteiger partial charge in [0.25, 0.3) is 5.91 Å². The van der Waals surface area contributed by atoms with E-state index in [0.717, 1.165) is 6.07 Å². The van der Waals surface area contributed by atoms with Gasteiger partial charge in [-0.3, -0.25) is 4.79 Å². The average Bonchev–Trinajstić information content (AvgIpc) is 2.29. The van der Waals surface area contributed by atoms with Gasteiger partial charge in [-0.15, -0.1) is 0 Å². The second kappa shape index (κ2) is 4.94. The molecule has 0 aliphatic carbocycles. The first-order valence-electron chi connectivity index (χ1n) is 4.90. The van der Waals surface area contributed by atoms with Gasteiger partial charge in [-0.25, -0.2) is 4.39 Å². The lowest BCUT2D eigenvalue weighted by atomic mass is 10.1. The van der Waals surface area contributed by atoms with Crippen molar-refractivity contribution < 1.29 is 14.3 Å². The minimum Gasteiger partial charge on any atom is -0.396 e. The molecule has 1 amide bonds. The van der Waals surface area contributed by atoms with Crippen molar-refractivity contribution in [1.82, 2.24) is 4.90 Å². The largest absolute Gasteiger partial charge is 0.396 e. The van der Waals surface area contributed by atoms with E-state index in [2.05, 4.69) is 0 Å². The van der Waals surface area contributed by atoms with Gasteiger partial charge in [0.15, 0.2) is 0 Å². The lowest BCUT2D eigenvalue weighted by molar-refractivity contribution is 0.0682. The van der Waals surface area contributed by atoms with Gasteiger partial charge >= 0.3 is 0 Å². The molecule has 0 heterocycles. The van der Waals surface area contributed by atoms with Gasteiger partial charge in [-0.05, 0) is 25.1 Å². The standard InChI is InChI=1S/C11H15FN2O2/c1-7(6-15)14(2)11(16)8-3-4-10(13)9(12)5-8/h3-5,7,15H,6,13H2,1-2H3. The maximum atomic E-state index is 13.1. The zero-order valence-electron chi connectivity index (χ0n) is 9.27. The lowest BCUT2D eigenvalue weighted by Crippen LogP contribution is -2.37. The number of benzene rings is 1. The Labute approximate surface area is 93.5 Å². The Hall–Kier alpha value is -1.62. The van der Waals surface area contributed by atoms with Crippen molar-refractivity contribution >= 4 is 11.6 Å². The molecule has 0 saturated carbocycles. The summed E-state index contributed by atoms with van der Waals surface area (Å²) in [6.45, 7) is 1.56. The number of carbonyl (C=O) groups is 1. The van der Waals surface area contributed by atoms with E-state index in [-0.39, 0.29) is 29.8 Å². The molecule has 88 valence electrons. The number of hydrogen-bond acceptors (Lipinski definition) is 3. The lowest BCUT2D eigenvalue weighted by Gasteiger charge is -2.23. The molecule has 4 nitrogen and oxygen atoms in total. The molecule has 3 N–H and O–H groups in total. The molecule has 0 radical (unpaired) electrons. The Bertz CT molecular complexity index is 396. The number of amides is 1. The normalized spacial score (nSPS) is 12.2. The molecule has 0 spiro atoms. The van der Waals surface area contributed by atoms with E-state index >= 15 is 0 Å². The van der Waals surface area contributed by atoms with E-state index in [9.17, 15) is 9.18 Å². The van der Waals surface area contributed by atoms with Crippen LogP contribution in [0, 0.1) is 5.82 Å². The molecule has 1 atom stereocenters. The number of halogens is 1. The second-order valence-electron chi connectivity index (χ2n) is 3.68. The molecule has 1 aromatic carbocycles. The number of carbonyl (C=O) groups excluding carboxylic acids is 1. The van der Waals surface area contributed by atoms with Gasteiger partial charge in [-0.1, -0.05) is 0 Å². The average molecular weight is 226 g/mol. The molecular weight excluding hydrogens is 211 g/mol. The van der Waals surface area contributed by atoms with Crippen LogP contribution in [-0.4, -0.2) is 35.6 Å². The summed E-state index contributed by atoms with van der Waals surface area (Å²) in [6, 6.07) is 3.59. The van der Waals surface area contributed by atoms with E-state index in [1.165, 1.54) is 17.0 Å². The summed E-state index contributed by atoms with van der Waals surface area (Å²) >= 11 is 0. The fraction of sp³-hybridized carbons (Fsp3) is 0.364. The summed E-state index contributed by atoms with van der Waals surface area (Å²) in [5.41, 5.74) is 5.54. The summed E-state index contributed by atoms with van der Waals surface area (Å²) in [5.74, 6) is -0.962. The predicted octanol–water partition coefficient (Wildman–Crippen LogP) is 0.861. The van der Waals surface area contributed by atoms with E-state index in [0.29, 0.717) is 0 Å². The molecule has 0 aliphatic heterocycles. The number of likely N-dealkylation sites (N-methyl/N-ethyl adjacent to an activating group) is 1. The van der Waals surface area contributed by atoms with E-state index in [1.807, 2.05) is 0 Å². The summed E-state index contributed by atoms with van der Waals surface area (Å²) in [7, 11) is 1.55. The number of rotatable bonds is 3. The minimum atomic E-state index is -0.615. The van der Waals surface area contributed by atoms with Crippen molar-refractivity contribution in [2.75, 3.05) is 19.4 Å². The van der Waals surface area contributed by atoms with Gasteiger partial charge in [-0.2, -0.15) is 0 Å². The molecule has 0 fully saturated rings. The smallest absolute Gasteiger partial charge is 0.254 e. The van der Waals surface area contributed by atoms with Crippen LogP contribution in [0.3, 0.4) is 0 Å². The fourth-order valence-corrected chi connectivity index (χ4v) is 1.19. The van der Waals surface area contributed by atoms with E-state index in [4.69, 9.17) is 10.8 Å². The fourth-order valence-electron chi connectivity index (χ4n) is 1.19. The molecule has 0 saturated heterocycles. The molecule has 16 heavy (non-hydrogen) atoms. The van der Waals surface area contributed by atoms with Gasteiger partial charge in [0, 0.05) is 12.6 Å². The quantitative estimate of drug-likeness (QED) is 0.751. The summed E-state index contributed by atoms with van der Waals surface area (Å²) < 4.78 is 13.1. The number of nitrogens with two attached hydrogens (primary N) is 1. The van der Waals surface area contributed by atoms with Gasteiger partial charge in [0.1, 0.15) is 5.82 Å². The third-order valence-corrected chi connectivity index (χ3v) is 2.49. The molecular formula is C11H15FN2O2. The number of nitrogen functional groups attached to an aromatic ring is 1. The molecule has 5 heteroatoms. The summed E-state index contributed by atoms with van der Waals surface area (Å²) in [4.78, 5) is 13.2. The zero-order valence-corrected chi connectivity index (χ0v) is 9.27. The van der Waals surface area contributed by atoms with Crippen LogP contribution in [0.4, 0.5) is 10.1 Å². The van der Waals surface area contributed by atoms with Crippen LogP contribution in [0.2, 0.25) is 0 Å². The first kappa shape index (κ1) is 12.4. The number of hydrogen-bond donors (Lipinski definition) is 2. The Morgan fingerprint density at radius 1 is 1.62 bits per heavy atom. The monoisotopic (exact) mass is 226 g/mol. The van der Waals surface area contributed by atoms with Crippen LogP contribution in [0.15, 0.2) is 18.2 Å². The van der Waals surface area contributed by atoms with E-state index < -0.39 is 5.82 Å². The number of aliphatic hydroxyl groups excluding tert-OH is 1. The Kier molecular flexibility index (Phi) is 3.84. The van der Waals surface area contributed by atoms with Crippen LogP contribution in [0.25, 0.3) is 0 Å². The van der Waals surface area contributed by atoms with Crippen molar-refractivity contribution in [1.29, 1.82) is 0 Å². The van der Waals surface area contributed by atoms with Crippen molar-refractivity contribution in [2.45, 2.75) is 13.0 Å². The number of aliphatic hydroxyl groups is 1. The highest BCUT2D eigenvalue weighted by molar-refractivity contribution is 5.94. The molecule has 0 aromatic heterocycles. The SMILES string of the molecule is CC(CO)N(C)C(=O)c1ccc(N)c(F)c1. The highest BCUT2D eigenvalue weighted by atomic mass is 19.1. The van der Waals surface area contributed by atoms with Gasteiger partial charge < -0.3 is 15.7 Å². The van der Waals surface area contributed by atoms with Crippen molar-refractivity contribution in [3.8, 4) is 0 Å². The molecule has 1 unspecified atom stereocenters. The predicted molar refractivity (Wildman–Crippen MR) is 59.5 cm³/mol. The van der Waals surface area contributed by atoms with Gasteiger partial charge in [0.05, 0.1) is 18.3 Å². The van der Waals surface area contributed by atoms with Crippen molar-refractivity contribution in [2.24, 2.45) is 0 Å². The van der Waals surface area contributed by atoms with Crippen molar-refractivity contribution in [3.63, 3.8) is 0 Å². The van der Waals surface area contributed by atoms with Crippen LogP contribution in [-0.2, 0) is 0 Å². The molecule has 0 bridgehead atoms. The zero-order chi connectivity index (χ0) is 12.3. The number of anilines is 1. The maximum absolute atomic E-state index is 13.1. The van der Waals surface area contributed by atoms with Crippen LogP contribution in [0.5, 0.6) is 0 Å². The third kappa shape index (κ3) is 2.49. The topological polar surface area (TPSA) is 66.6 Å². The van der Waals surface area contributed by atoms with Crippen molar-refractivity contribution in [3.05, 3.63) is 29.6 Å². The first-order valence-corrected chi connectivity index (χ1v) is 4.90. The summed E-state index contributed by atoms with van der Waals surface area (Å²) in [6.07, 6.45) is 0.